The predicted molar refractivity (Wildman–Crippen MR) is 89.0 cm³/mol. The Bertz CT molecular complexity index is 569. The van der Waals surface area contributed by atoms with Gasteiger partial charge in [-0.1, -0.05) is 19.9 Å². The predicted octanol–water partition coefficient (Wildman–Crippen LogP) is 2.92. The van der Waals surface area contributed by atoms with Gasteiger partial charge in [0.1, 0.15) is 12.5 Å². The van der Waals surface area contributed by atoms with Crippen molar-refractivity contribution in [2.75, 3.05) is 19.8 Å². The van der Waals surface area contributed by atoms with E-state index in [1.54, 1.807) is 0 Å². The summed E-state index contributed by atoms with van der Waals surface area (Å²) < 4.78 is 5.54. The Labute approximate surface area is 133 Å². The van der Waals surface area contributed by atoms with E-state index in [-0.39, 0.29) is 12.1 Å². The molecule has 2 unspecified atom stereocenters. The third kappa shape index (κ3) is 2.26. The Morgan fingerprint density at radius 1 is 1.36 bits per heavy atom. The normalized spacial score (nSPS) is 34.3. The van der Waals surface area contributed by atoms with Crippen molar-refractivity contribution in [2.24, 2.45) is 17.6 Å². The minimum atomic E-state index is 0.253. The zero-order valence-electron chi connectivity index (χ0n) is 13.8. The lowest BCUT2D eigenvalue weighted by atomic mass is 9.59. The van der Waals surface area contributed by atoms with Gasteiger partial charge in [-0.15, -0.1) is 0 Å². The molecule has 3 atom stereocenters. The molecule has 3 nitrogen and oxygen atoms in total. The molecule has 0 amide bonds. The van der Waals surface area contributed by atoms with Crippen LogP contribution < -0.4 is 10.5 Å². The molecule has 0 spiro atoms. The van der Waals surface area contributed by atoms with Crippen molar-refractivity contribution >= 4 is 0 Å². The van der Waals surface area contributed by atoms with Crippen molar-refractivity contribution in [1.82, 2.24) is 4.90 Å². The highest BCUT2D eigenvalue weighted by molar-refractivity contribution is 5.44. The van der Waals surface area contributed by atoms with Crippen LogP contribution in [0.15, 0.2) is 18.2 Å². The molecular formula is C19H28N2O. The lowest BCUT2D eigenvalue weighted by Gasteiger charge is -2.54. The lowest BCUT2D eigenvalue weighted by Crippen LogP contribution is -2.58. The van der Waals surface area contributed by atoms with E-state index >= 15 is 0 Å². The number of rotatable bonds is 4. The smallest absolute Gasteiger partial charge is 0.137 e. The molecule has 22 heavy (non-hydrogen) atoms. The van der Waals surface area contributed by atoms with Crippen LogP contribution in [-0.4, -0.2) is 30.8 Å². The van der Waals surface area contributed by atoms with Gasteiger partial charge in [-0.05, 0) is 72.7 Å². The molecule has 2 bridgehead atoms. The van der Waals surface area contributed by atoms with Crippen molar-refractivity contribution in [3.8, 4) is 5.75 Å². The molecule has 1 saturated heterocycles. The number of nitrogens with zero attached hydrogens (tertiary/aromatic N) is 1. The summed E-state index contributed by atoms with van der Waals surface area (Å²) in [5.74, 6) is 2.62. The maximum atomic E-state index is 5.54. The number of likely N-dealkylation sites (tertiary alicyclic amines) is 1. The van der Waals surface area contributed by atoms with Crippen LogP contribution in [0.2, 0.25) is 0 Å². The molecule has 2 aliphatic carbocycles. The van der Waals surface area contributed by atoms with Crippen LogP contribution in [0.4, 0.5) is 0 Å². The maximum Gasteiger partial charge on any atom is 0.137 e. The second-order valence-electron chi connectivity index (χ2n) is 7.80. The van der Waals surface area contributed by atoms with E-state index < -0.39 is 0 Å². The second-order valence-corrected chi connectivity index (χ2v) is 7.80. The van der Waals surface area contributed by atoms with E-state index in [4.69, 9.17) is 10.5 Å². The number of piperidine rings is 1. The molecule has 3 heteroatoms. The maximum absolute atomic E-state index is 5.54. The quantitative estimate of drug-likeness (QED) is 0.869. The first-order chi connectivity index (χ1) is 10.6. The molecule has 1 aromatic carbocycles. The average Bonchev–Trinajstić information content (AvgIpc) is 3.31. The second kappa shape index (κ2) is 5.24. The van der Waals surface area contributed by atoms with Gasteiger partial charge in [0.2, 0.25) is 0 Å². The Balaban J connectivity index is 1.67. The summed E-state index contributed by atoms with van der Waals surface area (Å²) in [6.07, 6.45) is 5.36. The van der Waals surface area contributed by atoms with Gasteiger partial charge in [-0.25, -0.2) is 0 Å². The van der Waals surface area contributed by atoms with E-state index in [0.717, 1.165) is 11.7 Å². The van der Waals surface area contributed by atoms with Crippen molar-refractivity contribution in [2.45, 2.75) is 51.0 Å². The van der Waals surface area contributed by atoms with E-state index in [2.05, 4.69) is 36.9 Å². The molecule has 2 N–H and O–H groups in total. The Morgan fingerprint density at radius 2 is 2.18 bits per heavy atom. The van der Waals surface area contributed by atoms with Crippen molar-refractivity contribution in [3.63, 3.8) is 0 Å². The zero-order valence-corrected chi connectivity index (χ0v) is 13.8. The van der Waals surface area contributed by atoms with Crippen LogP contribution in [-0.2, 0) is 11.8 Å². The van der Waals surface area contributed by atoms with Gasteiger partial charge in [-0.2, -0.15) is 0 Å². The van der Waals surface area contributed by atoms with E-state index in [9.17, 15) is 0 Å². The molecule has 1 heterocycles. The SMILES string of the molecule is CC1C2Cc3ccc(OCN)cc3[C@@]1(C)CCN2CC1CC1. The lowest BCUT2D eigenvalue weighted by molar-refractivity contribution is 0.0283. The Kier molecular flexibility index (Phi) is 3.46. The van der Waals surface area contributed by atoms with Crippen LogP contribution in [0.25, 0.3) is 0 Å². The largest absolute Gasteiger partial charge is 0.479 e. The molecule has 120 valence electrons. The number of hydrogen-bond acceptors (Lipinski definition) is 3. The van der Waals surface area contributed by atoms with Crippen LogP contribution in [0.5, 0.6) is 5.75 Å². The van der Waals surface area contributed by atoms with Gasteiger partial charge in [0.15, 0.2) is 0 Å². The zero-order chi connectivity index (χ0) is 15.3. The Hall–Kier alpha value is -1.06. The first-order valence-corrected chi connectivity index (χ1v) is 8.82. The highest BCUT2D eigenvalue weighted by Crippen LogP contribution is 2.50. The number of fused-ring (bicyclic) bond motifs is 4. The standard InChI is InChI=1S/C19H28N2O/c1-13-18-9-15-5-6-16(22-12-20)10-17(15)19(13,2)7-8-21(18)11-14-3-4-14/h5-6,10,13-14,18H,3-4,7-9,11-12,20H2,1-2H3/t13?,18?,19-/m0/s1. The van der Waals surface area contributed by atoms with Crippen LogP contribution in [0.3, 0.4) is 0 Å². The van der Waals surface area contributed by atoms with Crippen molar-refractivity contribution < 1.29 is 4.74 Å². The molecule has 4 rings (SSSR count). The van der Waals surface area contributed by atoms with Crippen LogP contribution >= 0.6 is 0 Å². The summed E-state index contributed by atoms with van der Waals surface area (Å²) in [6, 6.07) is 7.34. The fraction of sp³-hybridized carbons (Fsp3) is 0.684. The van der Waals surface area contributed by atoms with Gasteiger partial charge in [0.25, 0.3) is 0 Å². The molecule has 3 aliphatic rings. The van der Waals surface area contributed by atoms with E-state index in [0.29, 0.717) is 12.0 Å². The highest BCUT2D eigenvalue weighted by Gasteiger charge is 2.49. The molecule has 0 aromatic heterocycles. The summed E-state index contributed by atoms with van der Waals surface area (Å²) >= 11 is 0. The summed E-state index contributed by atoms with van der Waals surface area (Å²) in [4.78, 5) is 2.79. The molecular weight excluding hydrogens is 272 g/mol. The number of nitrogens with two attached hydrogens (primary N) is 1. The Morgan fingerprint density at radius 3 is 2.91 bits per heavy atom. The molecule has 1 aromatic rings. The third-order valence-corrected chi connectivity index (χ3v) is 6.53. The monoisotopic (exact) mass is 300 g/mol. The molecule has 0 radical (unpaired) electrons. The van der Waals surface area contributed by atoms with Crippen LogP contribution in [0.1, 0.15) is 44.2 Å². The number of ether oxygens (including phenoxy) is 1. The number of benzene rings is 1. The van der Waals surface area contributed by atoms with Gasteiger partial charge >= 0.3 is 0 Å². The van der Waals surface area contributed by atoms with Gasteiger partial charge in [-0.3, -0.25) is 10.6 Å². The minimum Gasteiger partial charge on any atom is -0.479 e. The van der Waals surface area contributed by atoms with E-state index in [1.165, 1.54) is 49.9 Å². The summed E-state index contributed by atoms with van der Waals surface area (Å²) in [6.45, 7) is 7.76. The van der Waals surface area contributed by atoms with Gasteiger partial charge < -0.3 is 4.74 Å². The first kappa shape index (κ1) is 14.5. The van der Waals surface area contributed by atoms with Crippen molar-refractivity contribution in [1.29, 1.82) is 0 Å². The summed E-state index contributed by atoms with van der Waals surface area (Å²) in [5, 5.41) is 0. The van der Waals surface area contributed by atoms with Crippen molar-refractivity contribution in [3.05, 3.63) is 29.3 Å². The topological polar surface area (TPSA) is 38.5 Å². The fourth-order valence-corrected chi connectivity index (χ4v) is 4.73. The summed E-state index contributed by atoms with van der Waals surface area (Å²) in [7, 11) is 0. The molecule has 2 fully saturated rings. The molecule has 1 aliphatic heterocycles. The van der Waals surface area contributed by atoms with Crippen LogP contribution in [0, 0.1) is 11.8 Å². The third-order valence-electron chi connectivity index (χ3n) is 6.53. The fourth-order valence-electron chi connectivity index (χ4n) is 4.73. The first-order valence-electron chi connectivity index (χ1n) is 8.82. The van der Waals surface area contributed by atoms with E-state index in [1.807, 2.05) is 0 Å². The van der Waals surface area contributed by atoms with Gasteiger partial charge in [0.05, 0.1) is 0 Å². The highest BCUT2D eigenvalue weighted by atomic mass is 16.5. The molecule has 1 saturated carbocycles. The average molecular weight is 300 g/mol. The minimum absolute atomic E-state index is 0.253. The number of hydrogen-bond donors (Lipinski definition) is 1. The summed E-state index contributed by atoms with van der Waals surface area (Å²) in [5.41, 5.74) is 8.85. The van der Waals surface area contributed by atoms with Gasteiger partial charge in [0, 0.05) is 12.6 Å².